The van der Waals surface area contributed by atoms with E-state index < -0.39 is 0 Å². The summed E-state index contributed by atoms with van der Waals surface area (Å²) in [6.45, 7) is 12.9. The molecule has 0 saturated carbocycles. The van der Waals surface area contributed by atoms with Crippen molar-refractivity contribution in [3.63, 3.8) is 0 Å². The number of fused-ring (bicyclic) bond motifs is 1. The molecule has 0 unspecified atom stereocenters. The van der Waals surface area contributed by atoms with Crippen LogP contribution in [0.15, 0.2) is 54.6 Å². The highest BCUT2D eigenvalue weighted by Gasteiger charge is 2.14. The molecule has 182 valence electrons. The zero-order chi connectivity index (χ0) is 24.9. The Morgan fingerprint density at radius 1 is 0.943 bits per heavy atom. The molecule has 7 nitrogen and oxygen atoms in total. The lowest BCUT2D eigenvalue weighted by atomic mass is 10.1. The van der Waals surface area contributed by atoms with Crippen LogP contribution in [-0.4, -0.2) is 40.6 Å². The number of anilines is 2. The molecule has 0 fully saturated rings. The van der Waals surface area contributed by atoms with Crippen LogP contribution in [-0.2, 0) is 0 Å². The molecule has 0 aliphatic carbocycles. The van der Waals surface area contributed by atoms with Crippen molar-refractivity contribution in [3.05, 3.63) is 71.3 Å². The summed E-state index contributed by atoms with van der Waals surface area (Å²) in [5, 5.41) is 12.4. The third-order valence-corrected chi connectivity index (χ3v) is 6.07. The topological polar surface area (TPSA) is 72.3 Å². The number of nitrogens with one attached hydrogen (secondary N) is 1. The van der Waals surface area contributed by atoms with E-state index in [2.05, 4.69) is 49.2 Å². The van der Waals surface area contributed by atoms with Gasteiger partial charge in [0, 0.05) is 30.0 Å². The highest BCUT2D eigenvalue weighted by atomic mass is 16.5. The Bertz CT molecular complexity index is 1340. The number of carbonyl (C=O) groups is 1. The number of nitrogens with zero attached hydrogens (tertiary/aromatic N) is 4. The zero-order valence-corrected chi connectivity index (χ0v) is 21.1. The third-order valence-electron chi connectivity index (χ3n) is 6.07. The van der Waals surface area contributed by atoms with Crippen LogP contribution in [0.3, 0.4) is 0 Å². The summed E-state index contributed by atoms with van der Waals surface area (Å²) in [7, 11) is 0. The smallest absolute Gasteiger partial charge is 0.255 e. The van der Waals surface area contributed by atoms with Crippen LogP contribution in [0.5, 0.6) is 5.75 Å². The van der Waals surface area contributed by atoms with E-state index in [-0.39, 0.29) is 5.91 Å². The van der Waals surface area contributed by atoms with E-state index in [0.29, 0.717) is 23.6 Å². The van der Waals surface area contributed by atoms with Gasteiger partial charge in [0.05, 0.1) is 12.3 Å². The summed E-state index contributed by atoms with van der Waals surface area (Å²) < 4.78 is 5.66. The lowest BCUT2D eigenvalue weighted by molar-refractivity contribution is 0.102. The minimum atomic E-state index is -0.190. The summed E-state index contributed by atoms with van der Waals surface area (Å²) in [6, 6.07) is 17.4. The maximum absolute atomic E-state index is 12.9. The second-order valence-electron chi connectivity index (χ2n) is 8.62. The van der Waals surface area contributed by atoms with Crippen molar-refractivity contribution < 1.29 is 9.53 Å². The molecule has 7 heteroatoms. The van der Waals surface area contributed by atoms with Gasteiger partial charge in [0.2, 0.25) is 0 Å². The van der Waals surface area contributed by atoms with Crippen LogP contribution in [0.2, 0.25) is 0 Å². The van der Waals surface area contributed by atoms with Crippen LogP contribution < -0.4 is 15.0 Å². The van der Waals surface area contributed by atoms with Gasteiger partial charge in [0.1, 0.15) is 16.8 Å². The number of benzene rings is 3. The highest BCUT2D eigenvalue weighted by molar-refractivity contribution is 6.05. The predicted molar refractivity (Wildman–Crippen MR) is 142 cm³/mol. The van der Waals surface area contributed by atoms with E-state index in [4.69, 9.17) is 14.9 Å². The van der Waals surface area contributed by atoms with E-state index in [1.54, 1.807) is 16.9 Å². The lowest BCUT2D eigenvalue weighted by Crippen LogP contribution is -2.21. The summed E-state index contributed by atoms with van der Waals surface area (Å²) >= 11 is 0. The Morgan fingerprint density at radius 2 is 1.69 bits per heavy atom. The van der Waals surface area contributed by atoms with Gasteiger partial charge in [-0.1, -0.05) is 13.0 Å². The van der Waals surface area contributed by atoms with E-state index in [1.165, 1.54) is 5.69 Å². The molecule has 0 aliphatic rings. The van der Waals surface area contributed by atoms with Gasteiger partial charge in [-0.2, -0.15) is 4.80 Å². The van der Waals surface area contributed by atoms with Crippen molar-refractivity contribution in [3.8, 4) is 11.4 Å². The average molecular weight is 472 g/mol. The first kappa shape index (κ1) is 24.3. The van der Waals surface area contributed by atoms with Crippen LogP contribution in [0.1, 0.15) is 48.7 Å². The van der Waals surface area contributed by atoms with Gasteiger partial charge in [-0.25, -0.2) is 0 Å². The fourth-order valence-electron chi connectivity index (χ4n) is 4.10. The molecule has 0 radical (unpaired) electrons. The van der Waals surface area contributed by atoms with E-state index >= 15 is 0 Å². The van der Waals surface area contributed by atoms with E-state index in [0.717, 1.165) is 47.4 Å². The van der Waals surface area contributed by atoms with E-state index in [1.807, 2.05) is 38.1 Å². The van der Waals surface area contributed by atoms with Crippen LogP contribution in [0.4, 0.5) is 11.4 Å². The molecule has 35 heavy (non-hydrogen) atoms. The number of hydrogen-bond donors (Lipinski definition) is 1. The zero-order valence-electron chi connectivity index (χ0n) is 21.1. The Kier molecular flexibility index (Phi) is 7.34. The molecule has 1 amide bonds. The molecule has 1 aromatic heterocycles. The van der Waals surface area contributed by atoms with Crippen molar-refractivity contribution in [2.45, 2.75) is 41.0 Å². The minimum Gasteiger partial charge on any atom is -0.494 e. The molecule has 4 rings (SSSR count). The van der Waals surface area contributed by atoms with Crippen molar-refractivity contribution in [2.75, 3.05) is 29.9 Å². The number of aryl methyl sites for hydroxylation is 2. The van der Waals surface area contributed by atoms with E-state index in [9.17, 15) is 4.79 Å². The summed E-state index contributed by atoms with van der Waals surface area (Å²) in [4.78, 5) is 16.9. The average Bonchev–Trinajstić information content (AvgIpc) is 3.26. The number of rotatable bonds is 9. The molecule has 0 saturated heterocycles. The molecule has 0 aliphatic heterocycles. The fourth-order valence-corrected chi connectivity index (χ4v) is 4.10. The molecular weight excluding hydrogens is 438 g/mol. The Balaban J connectivity index is 1.59. The van der Waals surface area contributed by atoms with Gasteiger partial charge in [-0.15, -0.1) is 10.2 Å². The normalized spacial score (nSPS) is 11.0. The van der Waals surface area contributed by atoms with Gasteiger partial charge in [0.15, 0.2) is 0 Å². The third kappa shape index (κ3) is 5.29. The van der Waals surface area contributed by atoms with Gasteiger partial charge in [0.25, 0.3) is 5.91 Å². The minimum absolute atomic E-state index is 0.190. The first-order valence-electron chi connectivity index (χ1n) is 12.2. The first-order chi connectivity index (χ1) is 16.9. The number of amides is 1. The second-order valence-corrected chi connectivity index (χ2v) is 8.62. The Labute approximate surface area is 206 Å². The van der Waals surface area contributed by atoms with Crippen molar-refractivity contribution in [1.82, 2.24) is 15.0 Å². The summed E-state index contributed by atoms with van der Waals surface area (Å²) in [6.07, 6.45) is 0.913. The largest absolute Gasteiger partial charge is 0.494 e. The van der Waals surface area contributed by atoms with Crippen LogP contribution in [0, 0.1) is 13.8 Å². The lowest BCUT2D eigenvalue weighted by Gasteiger charge is -2.22. The quantitative estimate of drug-likeness (QED) is 0.328. The summed E-state index contributed by atoms with van der Waals surface area (Å²) in [5.74, 6) is 0.502. The molecule has 3 aromatic carbocycles. The number of aromatic nitrogens is 3. The Hall–Kier alpha value is -3.87. The fraction of sp³-hybridized carbons (Fsp3) is 0.321. The van der Waals surface area contributed by atoms with Crippen molar-refractivity contribution >= 4 is 28.3 Å². The van der Waals surface area contributed by atoms with Gasteiger partial charge in [-0.3, -0.25) is 4.79 Å². The van der Waals surface area contributed by atoms with Crippen molar-refractivity contribution in [1.29, 1.82) is 0 Å². The molecule has 0 bridgehead atoms. The number of carbonyl (C=O) groups excluding carboxylic acids is 1. The molecule has 1 heterocycles. The summed E-state index contributed by atoms with van der Waals surface area (Å²) in [5.41, 5.74) is 6.91. The molecular formula is C28H33N5O2. The monoisotopic (exact) mass is 471 g/mol. The van der Waals surface area contributed by atoms with Gasteiger partial charge in [-0.05, 0) is 93.8 Å². The number of hydrogen-bond acceptors (Lipinski definition) is 5. The maximum Gasteiger partial charge on any atom is 0.255 e. The SMILES string of the molecule is CCCOc1cccc(C(=O)Nc2cc3nn(-c4ccc(N(CC)CC)cc4C)nc3cc2C)c1. The van der Waals surface area contributed by atoms with Crippen LogP contribution >= 0.6 is 0 Å². The standard InChI is InChI=1S/C28H33N5O2/c1-6-14-35-23-11-9-10-21(17-23)28(34)29-24-18-26-25(16-19(24)4)30-33(31-26)27-13-12-22(15-20(27)5)32(7-2)8-3/h9-13,15-18H,6-8,14H2,1-5H3,(H,29,34). The van der Waals surface area contributed by atoms with Crippen molar-refractivity contribution in [2.24, 2.45) is 0 Å². The maximum atomic E-state index is 12.9. The molecule has 4 aromatic rings. The van der Waals surface area contributed by atoms with Gasteiger partial charge < -0.3 is 15.0 Å². The van der Waals surface area contributed by atoms with Gasteiger partial charge >= 0.3 is 0 Å². The predicted octanol–water partition coefficient (Wildman–Crippen LogP) is 5.92. The first-order valence-corrected chi connectivity index (χ1v) is 12.2. The molecule has 0 spiro atoms. The number of ether oxygens (including phenoxy) is 1. The van der Waals surface area contributed by atoms with Crippen LogP contribution in [0.25, 0.3) is 16.7 Å². The molecule has 1 N–H and O–H groups in total. The Morgan fingerprint density at radius 3 is 2.37 bits per heavy atom. The highest BCUT2D eigenvalue weighted by Crippen LogP contribution is 2.25. The molecule has 0 atom stereocenters. The second kappa shape index (κ2) is 10.6.